The highest BCUT2D eigenvalue weighted by atomic mass is 79.9. The van der Waals surface area contributed by atoms with Crippen molar-refractivity contribution in [2.45, 2.75) is 32.4 Å². The minimum Gasteiger partial charge on any atom is -0.444 e. The fraction of sp³-hybridized carbons (Fsp3) is 0.571. The number of aromatic nitrogens is 1. The topological polar surface area (TPSA) is 51.7 Å². The number of nitrogens with zero attached hydrogens (tertiary/aromatic N) is 2. The van der Waals surface area contributed by atoms with Crippen molar-refractivity contribution in [2.75, 3.05) is 19.8 Å². The van der Waals surface area contributed by atoms with E-state index in [1.54, 1.807) is 4.90 Å². The Hall–Kier alpha value is -1.14. The summed E-state index contributed by atoms with van der Waals surface area (Å²) in [6.07, 6.45) is -0.326. The Labute approximate surface area is 127 Å². The Morgan fingerprint density at radius 1 is 1.50 bits per heavy atom. The van der Waals surface area contributed by atoms with E-state index in [1.807, 2.05) is 39.0 Å². The molecule has 2 heterocycles. The Morgan fingerprint density at radius 2 is 2.25 bits per heavy atom. The summed E-state index contributed by atoms with van der Waals surface area (Å²) in [7, 11) is 0. The van der Waals surface area contributed by atoms with Crippen LogP contribution in [0.1, 0.15) is 32.5 Å². The number of ether oxygens (including phenoxy) is 2. The van der Waals surface area contributed by atoms with Crippen molar-refractivity contribution >= 4 is 22.0 Å². The van der Waals surface area contributed by atoms with Gasteiger partial charge in [-0.25, -0.2) is 9.78 Å². The van der Waals surface area contributed by atoms with Crippen LogP contribution in [0, 0.1) is 0 Å². The number of hydrogen-bond donors (Lipinski definition) is 0. The molecular weight excluding hydrogens is 324 g/mol. The molecule has 0 aromatic carbocycles. The smallest absolute Gasteiger partial charge is 0.411 e. The summed E-state index contributed by atoms with van der Waals surface area (Å²) in [6.45, 7) is 7.04. The van der Waals surface area contributed by atoms with E-state index in [2.05, 4.69) is 20.9 Å². The maximum atomic E-state index is 12.3. The lowest BCUT2D eigenvalue weighted by atomic mass is 10.1. The van der Waals surface area contributed by atoms with Gasteiger partial charge in [0.15, 0.2) is 0 Å². The van der Waals surface area contributed by atoms with Gasteiger partial charge in [0.05, 0.1) is 18.9 Å². The van der Waals surface area contributed by atoms with Gasteiger partial charge in [0.1, 0.15) is 16.2 Å². The van der Waals surface area contributed by atoms with Crippen LogP contribution in [0.5, 0.6) is 0 Å². The second-order valence-corrected chi connectivity index (χ2v) is 6.46. The molecule has 0 spiro atoms. The summed E-state index contributed by atoms with van der Waals surface area (Å²) in [5.74, 6) is 0. The Balaban J connectivity index is 2.19. The van der Waals surface area contributed by atoms with Gasteiger partial charge in [-0.3, -0.25) is 4.90 Å². The van der Waals surface area contributed by atoms with Gasteiger partial charge in [0, 0.05) is 6.54 Å². The van der Waals surface area contributed by atoms with Gasteiger partial charge in [-0.15, -0.1) is 0 Å². The molecule has 1 saturated heterocycles. The Morgan fingerprint density at radius 3 is 2.90 bits per heavy atom. The molecule has 1 amide bonds. The summed E-state index contributed by atoms with van der Waals surface area (Å²) < 4.78 is 11.7. The van der Waals surface area contributed by atoms with Crippen LogP contribution in [0.3, 0.4) is 0 Å². The maximum absolute atomic E-state index is 12.3. The van der Waals surface area contributed by atoms with Crippen LogP contribution >= 0.6 is 15.9 Å². The van der Waals surface area contributed by atoms with E-state index in [0.29, 0.717) is 19.8 Å². The molecule has 1 fully saturated rings. The molecule has 0 radical (unpaired) electrons. The maximum Gasteiger partial charge on any atom is 0.411 e. The lowest BCUT2D eigenvalue weighted by Gasteiger charge is -2.36. The average molecular weight is 343 g/mol. The number of halogens is 1. The van der Waals surface area contributed by atoms with Crippen molar-refractivity contribution in [1.82, 2.24) is 9.88 Å². The molecule has 5 nitrogen and oxygen atoms in total. The number of hydrogen-bond acceptors (Lipinski definition) is 4. The first kappa shape index (κ1) is 15.3. The first-order chi connectivity index (χ1) is 9.37. The molecule has 6 heteroatoms. The second kappa shape index (κ2) is 6.10. The van der Waals surface area contributed by atoms with Crippen molar-refractivity contribution in [3.8, 4) is 0 Å². The van der Waals surface area contributed by atoms with Crippen LogP contribution in [0.2, 0.25) is 0 Å². The van der Waals surface area contributed by atoms with E-state index in [-0.39, 0.29) is 12.1 Å². The molecule has 0 N–H and O–H groups in total. The molecule has 0 saturated carbocycles. The van der Waals surface area contributed by atoms with E-state index in [4.69, 9.17) is 9.47 Å². The summed E-state index contributed by atoms with van der Waals surface area (Å²) >= 11 is 3.35. The molecule has 0 unspecified atom stereocenters. The molecule has 110 valence electrons. The van der Waals surface area contributed by atoms with Crippen LogP contribution in [-0.4, -0.2) is 41.3 Å². The molecule has 1 atom stereocenters. The molecule has 1 aromatic rings. The van der Waals surface area contributed by atoms with Crippen molar-refractivity contribution in [3.05, 3.63) is 28.5 Å². The number of pyridine rings is 1. The Bertz CT molecular complexity index is 488. The number of carbonyl (C=O) groups is 1. The summed E-state index contributed by atoms with van der Waals surface area (Å²) in [5.41, 5.74) is 0.287. The monoisotopic (exact) mass is 342 g/mol. The molecule has 0 aliphatic carbocycles. The lowest BCUT2D eigenvalue weighted by molar-refractivity contribution is -0.0340. The van der Waals surface area contributed by atoms with Crippen LogP contribution in [0.15, 0.2) is 22.8 Å². The van der Waals surface area contributed by atoms with Gasteiger partial charge in [-0.1, -0.05) is 6.07 Å². The van der Waals surface area contributed by atoms with E-state index in [9.17, 15) is 4.79 Å². The van der Waals surface area contributed by atoms with Crippen LogP contribution in [-0.2, 0) is 9.47 Å². The summed E-state index contributed by atoms with van der Waals surface area (Å²) in [4.78, 5) is 18.4. The largest absolute Gasteiger partial charge is 0.444 e. The van der Waals surface area contributed by atoms with Crippen LogP contribution in [0.25, 0.3) is 0 Å². The highest BCUT2D eigenvalue weighted by molar-refractivity contribution is 9.10. The zero-order valence-electron chi connectivity index (χ0n) is 11.9. The predicted octanol–water partition coefficient (Wildman–Crippen LogP) is 3.15. The number of amides is 1. The molecule has 1 aliphatic heterocycles. The normalized spacial score (nSPS) is 19.8. The summed E-state index contributed by atoms with van der Waals surface area (Å²) in [5, 5.41) is 0. The van der Waals surface area contributed by atoms with Gasteiger partial charge in [0.2, 0.25) is 0 Å². The average Bonchev–Trinajstić information content (AvgIpc) is 2.37. The molecule has 2 rings (SSSR count). The third-order valence-corrected chi connectivity index (χ3v) is 3.28. The van der Waals surface area contributed by atoms with Gasteiger partial charge in [-0.05, 0) is 48.8 Å². The predicted molar refractivity (Wildman–Crippen MR) is 78.4 cm³/mol. The van der Waals surface area contributed by atoms with Gasteiger partial charge in [-0.2, -0.15) is 0 Å². The first-order valence-corrected chi connectivity index (χ1v) is 7.36. The van der Waals surface area contributed by atoms with Gasteiger partial charge < -0.3 is 9.47 Å². The SMILES string of the molecule is CC(C)(C)OC(=O)N1CCOC[C@H]1c1cccc(Br)n1. The fourth-order valence-corrected chi connectivity index (χ4v) is 2.35. The van der Waals surface area contributed by atoms with Gasteiger partial charge in [0.25, 0.3) is 0 Å². The first-order valence-electron chi connectivity index (χ1n) is 6.56. The zero-order chi connectivity index (χ0) is 14.8. The molecule has 0 bridgehead atoms. The molecule has 1 aromatic heterocycles. The number of rotatable bonds is 1. The van der Waals surface area contributed by atoms with E-state index >= 15 is 0 Å². The van der Waals surface area contributed by atoms with Crippen molar-refractivity contribution in [1.29, 1.82) is 0 Å². The fourth-order valence-electron chi connectivity index (χ4n) is 2.00. The van der Waals surface area contributed by atoms with Crippen LogP contribution in [0.4, 0.5) is 4.79 Å². The Kier molecular flexibility index (Phi) is 4.65. The molecule has 20 heavy (non-hydrogen) atoms. The molecule has 1 aliphatic rings. The van der Waals surface area contributed by atoms with Crippen molar-refractivity contribution in [3.63, 3.8) is 0 Å². The number of carbonyl (C=O) groups excluding carboxylic acids is 1. The van der Waals surface area contributed by atoms with E-state index in [1.165, 1.54) is 0 Å². The standard InChI is InChI=1S/C14H19BrN2O3/c1-14(2,3)20-13(18)17-7-8-19-9-11(17)10-5-4-6-12(15)16-10/h4-6,11H,7-9H2,1-3H3/t11-/m0/s1. The quantitative estimate of drug-likeness (QED) is 0.735. The third kappa shape index (κ3) is 3.93. The highest BCUT2D eigenvalue weighted by Gasteiger charge is 2.32. The minimum atomic E-state index is -0.509. The van der Waals surface area contributed by atoms with Crippen molar-refractivity contribution < 1.29 is 14.3 Å². The molecular formula is C14H19BrN2O3. The number of morpholine rings is 1. The van der Waals surface area contributed by atoms with Gasteiger partial charge >= 0.3 is 6.09 Å². The minimum absolute atomic E-state index is 0.212. The van der Waals surface area contributed by atoms with Crippen LogP contribution < -0.4 is 0 Å². The van der Waals surface area contributed by atoms with E-state index in [0.717, 1.165) is 10.3 Å². The van der Waals surface area contributed by atoms with Crippen molar-refractivity contribution in [2.24, 2.45) is 0 Å². The second-order valence-electron chi connectivity index (χ2n) is 5.65. The third-order valence-electron chi connectivity index (χ3n) is 2.83. The highest BCUT2D eigenvalue weighted by Crippen LogP contribution is 2.25. The van der Waals surface area contributed by atoms with E-state index < -0.39 is 5.60 Å². The lowest BCUT2D eigenvalue weighted by Crippen LogP contribution is -2.46. The summed E-state index contributed by atoms with van der Waals surface area (Å²) in [6, 6.07) is 5.43. The zero-order valence-corrected chi connectivity index (χ0v) is 13.5.